The summed E-state index contributed by atoms with van der Waals surface area (Å²) < 4.78 is 5.27. The molecule has 0 saturated carbocycles. The number of likely N-dealkylation sites (tertiary alicyclic amines) is 1. The number of benzene rings is 1. The fourth-order valence-electron chi connectivity index (χ4n) is 2.26. The van der Waals surface area contributed by atoms with Crippen molar-refractivity contribution in [1.82, 2.24) is 15.0 Å². The lowest BCUT2D eigenvalue weighted by Gasteiger charge is -2.10. The van der Waals surface area contributed by atoms with Gasteiger partial charge in [-0.2, -0.15) is 4.98 Å². The van der Waals surface area contributed by atoms with Gasteiger partial charge in [-0.05, 0) is 18.6 Å². The fraction of sp³-hybridized carbons (Fsp3) is 0.385. The van der Waals surface area contributed by atoms with Gasteiger partial charge >= 0.3 is 0 Å². The standard InChI is InChI=1S/C13H15ClN4O/c14-10-3-1-2-9(6-10)13-16-12(19-17-13)8-18-5-4-11(15)7-18/h1-3,6,11H,4-5,7-8,15H2. The van der Waals surface area contributed by atoms with E-state index in [1.165, 1.54) is 0 Å². The van der Waals surface area contributed by atoms with Gasteiger partial charge in [-0.3, -0.25) is 4.90 Å². The predicted octanol–water partition coefficient (Wildman–Crippen LogP) is 1.92. The number of hydrogen-bond donors (Lipinski definition) is 1. The van der Waals surface area contributed by atoms with Crippen LogP contribution in [0, 0.1) is 0 Å². The van der Waals surface area contributed by atoms with Crippen LogP contribution in [0.5, 0.6) is 0 Å². The predicted molar refractivity (Wildman–Crippen MR) is 72.6 cm³/mol. The van der Waals surface area contributed by atoms with E-state index in [4.69, 9.17) is 21.9 Å². The van der Waals surface area contributed by atoms with Gasteiger partial charge in [-0.15, -0.1) is 0 Å². The summed E-state index contributed by atoms with van der Waals surface area (Å²) in [6, 6.07) is 7.68. The van der Waals surface area contributed by atoms with Crippen LogP contribution < -0.4 is 5.73 Å². The van der Waals surface area contributed by atoms with Crippen molar-refractivity contribution in [2.75, 3.05) is 13.1 Å². The van der Waals surface area contributed by atoms with E-state index in [-0.39, 0.29) is 6.04 Å². The second kappa shape index (κ2) is 5.28. The molecular formula is C13H15ClN4O. The molecule has 1 fully saturated rings. The molecule has 0 aliphatic carbocycles. The molecule has 0 bridgehead atoms. The summed E-state index contributed by atoms with van der Waals surface area (Å²) in [5, 5.41) is 4.65. The zero-order valence-corrected chi connectivity index (χ0v) is 11.2. The number of rotatable bonds is 3. The van der Waals surface area contributed by atoms with Gasteiger partial charge in [0.2, 0.25) is 11.7 Å². The first-order valence-electron chi connectivity index (χ1n) is 6.27. The number of aromatic nitrogens is 2. The minimum absolute atomic E-state index is 0.260. The second-order valence-electron chi connectivity index (χ2n) is 4.81. The Morgan fingerprint density at radius 3 is 3.11 bits per heavy atom. The summed E-state index contributed by atoms with van der Waals surface area (Å²) in [5.74, 6) is 1.19. The summed E-state index contributed by atoms with van der Waals surface area (Å²) in [4.78, 5) is 6.61. The summed E-state index contributed by atoms with van der Waals surface area (Å²) in [6.45, 7) is 2.52. The molecule has 2 N–H and O–H groups in total. The summed E-state index contributed by atoms with van der Waals surface area (Å²) in [6.07, 6.45) is 1.02. The van der Waals surface area contributed by atoms with Crippen molar-refractivity contribution < 1.29 is 4.52 Å². The number of halogens is 1. The average molecular weight is 279 g/mol. The largest absolute Gasteiger partial charge is 0.338 e. The minimum atomic E-state index is 0.260. The average Bonchev–Trinajstić information content (AvgIpc) is 2.99. The van der Waals surface area contributed by atoms with Crippen molar-refractivity contribution in [2.45, 2.75) is 19.0 Å². The van der Waals surface area contributed by atoms with E-state index in [1.807, 2.05) is 24.3 Å². The summed E-state index contributed by atoms with van der Waals surface area (Å²) in [7, 11) is 0. The molecule has 5 nitrogen and oxygen atoms in total. The molecule has 0 radical (unpaired) electrons. The third-order valence-corrected chi connectivity index (χ3v) is 3.45. The van der Waals surface area contributed by atoms with E-state index in [0.29, 0.717) is 23.3 Å². The molecule has 1 saturated heterocycles. The molecule has 1 aromatic carbocycles. The van der Waals surface area contributed by atoms with E-state index in [0.717, 1.165) is 25.1 Å². The molecule has 2 aromatic rings. The van der Waals surface area contributed by atoms with E-state index in [1.54, 1.807) is 0 Å². The molecule has 0 amide bonds. The first-order chi connectivity index (χ1) is 9.20. The highest BCUT2D eigenvalue weighted by molar-refractivity contribution is 6.30. The van der Waals surface area contributed by atoms with Gasteiger partial charge in [-0.1, -0.05) is 28.9 Å². The molecule has 19 heavy (non-hydrogen) atoms. The maximum Gasteiger partial charge on any atom is 0.241 e. The highest BCUT2D eigenvalue weighted by Crippen LogP contribution is 2.20. The lowest BCUT2D eigenvalue weighted by atomic mass is 10.2. The van der Waals surface area contributed by atoms with Crippen LogP contribution in [0.2, 0.25) is 5.02 Å². The highest BCUT2D eigenvalue weighted by atomic mass is 35.5. The highest BCUT2D eigenvalue weighted by Gasteiger charge is 2.21. The Hall–Kier alpha value is -1.43. The van der Waals surface area contributed by atoms with Crippen LogP contribution in [0.4, 0.5) is 0 Å². The number of nitrogens with two attached hydrogens (primary N) is 1. The van der Waals surface area contributed by atoms with Gasteiger partial charge in [0, 0.05) is 29.7 Å². The van der Waals surface area contributed by atoms with Crippen LogP contribution in [0.15, 0.2) is 28.8 Å². The van der Waals surface area contributed by atoms with Crippen LogP contribution in [0.1, 0.15) is 12.3 Å². The molecule has 3 rings (SSSR count). The third-order valence-electron chi connectivity index (χ3n) is 3.22. The molecule has 1 atom stereocenters. The maximum absolute atomic E-state index is 5.95. The van der Waals surface area contributed by atoms with Crippen LogP contribution in [-0.2, 0) is 6.54 Å². The zero-order valence-electron chi connectivity index (χ0n) is 10.4. The first kappa shape index (κ1) is 12.6. The van der Waals surface area contributed by atoms with E-state index in [9.17, 15) is 0 Å². The Morgan fingerprint density at radius 1 is 1.47 bits per heavy atom. The quantitative estimate of drug-likeness (QED) is 0.929. The Labute approximate surface area is 116 Å². The number of hydrogen-bond acceptors (Lipinski definition) is 5. The molecule has 1 aliphatic heterocycles. The lowest BCUT2D eigenvalue weighted by Crippen LogP contribution is -2.26. The smallest absolute Gasteiger partial charge is 0.241 e. The molecule has 2 heterocycles. The van der Waals surface area contributed by atoms with Crippen LogP contribution in [0.3, 0.4) is 0 Å². The van der Waals surface area contributed by atoms with Gasteiger partial charge in [-0.25, -0.2) is 0 Å². The zero-order chi connectivity index (χ0) is 13.2. The Balaban J connectivity index is 1.73. The molecule has 6 heteroatoms. The van der Waals surface area contributed by atoms with Crippen molar-refractivity contribution in [2.24, 2.45) is 5.73 Å². The van der Waals surface area contributed by atoms with Gasteiger partial charge in [0.15, 0.2) is 0 Å². The fourth-order valence-corrected chi connectivity index (χ4v) is 2.45. The van der Waals surface area contributed by atoms with Gasteiger partial charge in [0.25, 0.3) is 0 Å². The lowest BCUT2D eigenvalue weighted by molar-refractivity contribution is 0.265. The topological polar surface area (TPSA) is 68.2 Å². The van der Waals surface area contributed by atoms with Gasteiger partial charge in [0.05, 0.1) is 6.54 Å². The SMILES string of the molecule is NC1CCN(Cc2nc(-c3cccc(Cl)c3)no2)C1. The first-order valence-corrected chi connectivity index (χ1v) is 6.65. The molecule has 1 aromatic heterocycles. The summed E-state index contributed by atoms with van der Waals surface area (Å²) >= 11 is 5.95. The van der Waals surface area contributed by atoms with Crippen molar-refractivity contribution in [3.8, 4) is 11.4 Å². The van der Waals surface area contributed by atoms with Gasteiger partial charge < -0.3 is 10.3 Å². The monoisotopic (exact) mass is 278 g/mol. The third kappa shape index (κ3) is 2.94. The second-order valence-corrected chi connectivity index (χ2v) is 5.24. The Kier molecular flexibility index (Phi) is 3.50. The maximum atomic E-state index is 5.95. The van der Waals surface area contributed by atoms with Crippen molar-refractivity contribution in [3.63, 3.8) is 0 Å². The molecular weight excluding hydrogens is 264 g/mol. The number of nitrogens with zero attached hydrogens (tertiary/aromatic N) is 3. The Morgan fingerprint density at radius 2 is 2.37 bits per heavy atom. The van der Waals surface area contributed by atoms with E-state index < -0.39 is 0 Å². The Bertz CT molecular complexity index is 571. The van der Waals surface area contributed by atoms with Crippen LogP contribution in [0.25, 0.3) is 11.4 Å². The van der Waals surface area contributed by atoms with Crippen molar-refractivity contribution in [1.29, 1.82) is 0 Å². The van der Waals surface area contributed by atoms with Crippen LogP contribution >= 0.6 is 11.6 Å². The van der Waals surface area contributed by atoms with Crippen molar-refractivity contribution in [3.05, 3.63) is 35.2 Å². The molecule has 100 valence electrons. The molecule has 0 spiro atoms. The van der Waals surface area contributed by atoms with E-state index >= 15 is 0 Å². The van der Waals surface area contributed by atoms with Crippen molar-refractivity contribution >= 4 is 11.6 Å². The normalized spacial score (nSPS) is 20.0. The van der Waals surface area contributed by atoms with Gasteiger partial charge in [0.1, 0.15) is 0 Å². The van der Waals surface area contributed by atoms with Crippen LogP contribution in [-0.4, -0.2) is 34.2 Å². The molecule has 1 aliphatic rings. The van der Waals surface area contributed by atoms with E-state index in [2.05, 4.69) is 15.0 Å². The molecule has 1 unspecified atom stereocenters. The summed E-state index contributed by atoms with van der Waals surface area (Å²) in [5.41, 5.74) is 6.73. The minimum Gasteiger partial charge on any atom is -0.338 e.